The first kappa shape index (κ1) is 24.1. The maximum absolute atomic E-state index is 13.3. The molecule has 5 rings (SSSR count). The third-order valence-electron chi connectivity index (χ3n) is 6.31. The van der Waals surface area contributed by atoms with Crippen LogP contribution in [0.15, 0.2) is 89.1 Å². The van der Waals surface area contributed by atoms with Gasteiger partial charge in [0.25, 0.3) is 5.89 Å². The topological polar surface area (TPSA) is 89.7 Å². The number of nitrogens with zero attached hydrogens (tertiary/aromatic N) is 3. The van der Waals surface area contributed by atoms with Crippen LogP contribution < -0.4 is 14.8 Å². The molecule has 0 saturated carbocycles. The molecule has 0 fully saturated rings. The lowest BCUT2D eigenvalue weighted by molar-refractivity contribution is 0.203. The molecular weight excluding hydrogens is 468 g/mol. The molecule has 0 radical (unpaired) electrons. The van der Waals surface area contributed by atoms with Gasteiger partial charge >= 0.3 is 6.03 Å². The van der Waals surface area contributed by atoms with Crippen LogP contribution in [0.1, 0.15) is 36.9 Å². The molecule has 0 aliphatic carbocycles. The molecule has 2 heterocycles. The van der Waals surface area contributed by atoms with Gasteiger partial charge < -0.3 is 19.3 Å². The van der Waals surface area contributed by atoms with Gasteiger partial charge in [-0.05, 0) is 61.4 Å². The number of urea groups is 1. The number of allylic oxidation sites excluding steroid dienone is 1. The normalized spacial score (nSPS) is 15.5. The van der Waals surface area contributed by atoms with Crippen molar-refractivity contribution in [2.75, 3.05) is 13.7 Å². The summed E-state index contributed by atoms with van der Waals surface area (Å²) >= 11 is 0. The van der Waals surface area contributed by atoms with Gasteiger partial charge in [0.2, 0.25) is 5.82 Å². The van der Waals surface area contributed by atoms with Crippen molar-refractivity contribution in [2.45, 2.75) is 26.4 Å². The van der Waals surface area contributed by atoms with Crippen LogP contribution in [0.3, 0.4) is 0 Å². The Morgan fingerprint density at radius 1 is 0.973 bits per heavy atom. The molecule has 0 bridgehead atoms. The molecule has 188 valence electrons. The average molecular weight is 497 g/mol. The summed E-state index contributed by atoms with van der Waals surface area (Å²) in [6.07, 6.45) is 0. The number of carbonyl (C=O) groups is 1. The predicted octanol–water partition coefficient (Wildman–Crippen LogP) is 5.84. The summed E-state index contributed by atoms with van der Waals surface area (Å²) in [6.45, 7) is 4.83. The van der Waals surface area contributed by atoms with Crippen molar-refractivity contribution in [3.8, 4) is 22.9 Å². The zero-order valence-corrected chi connectivity index (χ0v) is 21.0. The van der Waals surface area contributed by atoms with Crippen LogP contribution in [-0.2, 0) is 6.54 Å². The Bertz CT molecular complexity index is 1400. The summed E-state index contributed by atoms with van der Waals surface area (Å²) in [7, 11) is 1.63. The van der Waals surface area contributed by atoms with Gasteiger partial charge in [-0.2, -0.15) is 4.98 Å². The zero-order chi connectivity index (χ0) is 25.8. The van der Waals surface area contributed by atoms with Gasteiger partial charge in [0.05, 0.1) is 31.9 Å². The third kappa shape index (κ3) is 5.04. The molecular formula is C29H28N4O4. The van der Waals surface area contributed by atoms with Crippen LogP contribution in [-0.4, -0.2) is 34.8 Å². The molecule has 2 amide bonds. The van der Waals surface area contributed by atoms with Gasteiger partial charge in [0, 0.05) is 11.3 Å². The lowest BCUT2D eigenvalue weighted by atomic mass is 9.94. The number of hydrogen-bond donors (Lipinski definition) is 1. The van der Waals surface area contributed by atoms with E-state index in [0.717, 1.165) is 39.5 Å². The molecule has 3 aromatic carbocycles. The van der Waals surface area contributed by atoms with Gasteiger partial charge in [0.1, 0.15) is 11.5 Å². The lowest BCUT2D eigenvalue weighted by Gasteiger charge is -2.35. The van der Waals surface area contributed by atoms with Gasteiger partial charge in [-0.1, -0.05) is 47.6 Å². The maximum Gasteiger partial charge on any atom is 0.322 e. The minimum Gasteiger partial charge on any atom is -0.497 e. The number of aromatic nitrogens is 2. The highest BCUT2D eigenvalue weighted by molar-refractivity contribution is 5.86. The molecule has 0 spiro atoms. The Kier molecular flexibility index (Phi) is 6.89. The van der Waals surface area contributed by atoms with E-state index in [0.29, 0.717) is 24.9 Å². The SMILES string of the molecule is CCOc1ccc(-c2noc(C3=C(C)N(Cc4ccc(OC)cc4)C(=O)NC3c3ccccc3)n2)cc1. The number of carbonyl (C=O) groups excluding carboxylic acids is 1. The van der Waals surface area contributed by atoms with Crippen LogP contribution in [0.4, 0.5) is 4.79 Å². The number of ether oxygens (including phenoxy) is 2. The van der Waals surface area contributed by atoms with Crippen LogP contribution in [0, 0.1) is 0 Å². The molecule has 8 nitrogen and oxygen atoms in total. The van der Waals surface area contributed by atoms with Gasteiger partial charge in [-0.15, -0.1) is 0 Å². The van der Waals surface area contributed by atoms with Crippen molar-refractivity contribution >= 4 is 11.6 Å². The smallest absolute Gasteiger partial charge is 0.322 e. The van der Waals surface area contributed by atoms with E-state index in [4.69, 9.17) is 19.0 Å². The largest absolute Gasteiger partial charge is 0.497 e. The molecule has 1 aliphatic rings. The quantitative estimate of drug-likeness (QED) is 0.330. The Morgan fingerprint density at radius 2 is 1.68 bits per heavy atom. The first-order valence-electron chi connectivity index (χ1n) is 12.1. The Morgan fingerprint density at radius 3 is 2.35 bits per heavy atom. The number of benzene rings is 3. The van der Waals surface area contributed by atoms with E-state index in [-0.39, 0.29) is 6.03 Å². The highest BCUT2D eigenvalue weighted by Gasteiger charge is 2.35. The molecule has 4 aromatic rings. The Labute approximate surface area is 215 Å². The maximum atomic E-state index is 13.3. The minimum absolute atomic E-state index is 0.197. The summed E-state index contributed by atoms with van der Waals surface area (Å²) in [5.41, 5.74) is 4.20. The lowest BCUT2D eigenvalue weighted by Crippen LogP contribution is -2.45. The molecule has 8 heteroatoms. The van der Waals surface area contributed by atoms with Crippen molar-refractivity contribution in [1.29, 1.82) is 0 Å². The summed E-state index contributed by atoms with van der Waals surface area (Å²) < 4.78 is 16.6. The van der Waals surface area contributed by atoms with Crippen LogP contribution in [0.5, 0.6) is 11.5 Å². The van der Waals surface area contributed by atoms with E-state index >= 15 is 0 Å². The molecule has 1 unspecified atom stereocenters. The molecule has 1 N–H and O–H groups in total. The summed E-state index contributed by atoms with van der Waals surface area (Å²) in [5, 5.41) is 7.38. The summed E-state index contributed by atoms with van der Waals surface area (Å²) in [5.74, 6) is 2.36. The molecule has 1 aliphatic heterocycles. The van der Waals surface area contributed by atoms with Crippen molar-refractivity contribution in [3.05, 3.63) is 102 Å². The highest BCUT2D eigenvalue weighted by atomic mass is 16.5. The third-order valence-corrected chi connectivity index (χ3v) is 6.31. The fourth-order valence-electron chi connectivity index (χ4n) is 4.37. The van der Waals surface area contributed by atoms with Gasteiger partial charge in [-0.3, -0.25) is 4.90 Å². The molecule has 0 saturated heterocycles. The summed E-state index contributed by atoms with van der Waals surface area (Å²) in [4.78, 5) is 19.7. The average Bonchev–Trinajstić information content (AvgIpc) is 3.42. The van der Waals surface area contributed by atoms with E-state index in [2.05, 4.69) is 10.5 Å². The summed E-state index contributed by atoms with van der Waals surface area (Å²) in [6, 6.07) is 24.3. The fourth-order valence-corrected chi connectivity index (χ4v) is 4.37. The van der Waals surface area contributed by atoms with Crippen molar-refractivity contribution < 1.29 is 18.8 Å². The highest BCUT2D eigenvalue weighted by Crippen LogP contribution is 2.38. The second-order valence-electron chi connectivity index (χ2n) is 8.61. The predicted molar refractivity (Wildman–Crippen MR) is 140 cm³/mol. The van der Waals surface area contributed by atoms with E-state index in [9.17, 15) is 4.79 Å². The Hall–Kier alpha value is -4.59. The second-order valence-corrected chi connectivity index (χ2v) is 8.61. The van der Waals surface area contributed by atoms with Gasteiger partial charge in [0.15, 0.2) is 0 Å². The van der Waals surface area contributed by atoms with Crippen molar-refractivity contribution in [3.63, 3.8) is 0 Å². The Balaban J connectivity index is 1.53. The molecule has 1 aromatic heterocycles. The minimum atomic E-state index is -0.436. The number of rotatable bonds is 8. The number of nitrogens with one attached hydrogen (secondary N) is 1. The van der Waals surface area contributed by atoms with Crippen LogP contribution >= 0.6 is 0 Å². The first-order chi connectivity index (χ1) is 18.1. The second kappa shape index (κ2) is 10.6. The number of methoxy groups -OCH3 is 1. The van der Waals surface area contributed by atoms with Crippen molar-refractivity contribution in [2.24, 2.45) is 0 Å². The monoisotopic (exact) mass is 496 g/mol. The van der Waals surface area contributed by atoms with E-state index in [1.54, 1.807) is 12.0 Å². The standard InChI is InChI=1S/C29H28N4O4/c1-4-36-24-16-12-22(13-17-24)27-31-28(37-32-27)25-19(2)33(18-20-10-14-23(35-3)15-11-20)29(34)30-26(25)21-8-6-5-7-9-21/h5-17,26H,4,18H2,1-3H3,(H,30,34). The molecule has 1 atom stereocenters. The van der Waals surface area contributed by atoms with Crippen LogP contribution in [0.2, 0.25) is 0 Å². The van der Waals surface area contributed by atoms with E-state index in [1.807, 2.05) is 92.7 Å². The van der Waals surface area contributed by atoms with Crippen LogP contribution in [0.25, 0.3) is 17.0 Å². The molecule has 37 heavy (non-hydrogen) atoms. The van der Waals surface area contributed by atoms with Gasteiger partial charge in [-0.25, -0.2) is 4.79 Å². The van der Waals surface area contributed by atoms with Crippen molar-refractivity contribution in [1.82, 2.24) is 20.4 Å². The van der Waals surface area contributed by atoms with E-state index in [1.165, 1.54) is 0 Å². The fraction of sp³-hybridized carbons (Fsp3) is 0.207. The zero-order valence-electron chi connectivity index (χ0n) is 21.0. The van der Waals surface area contributed by atoms with E-state index < -0.39 is 6.04 Å². The number of hydrogen-bond acceptors (Lipinski definition) is 6. The first-order valence-corrected chi connectivity index (χ1v) is 12.1. The number of amides is 2.